The highest BCUT2D eigenvalue weighted by molar-refractivity contribution is 5.87. The summed E-state index contributed by atoms with van der Waals surface area (Å²) in [6.45, 7) is 6.38. The SMILES string of the molecule is CCC/C=C(/N=C(C)CC)c1ccncc1. The largest absolute Gasteiger partial charge is 0.265 e. The first-order valence-corrected chi connectivity index (χ1v) is 5.92. The molecule has 0 bridgehead atoms. The van der Waals surface area contributed by atoms with E-state index in [2.05, 4.69) is 36.8 Å². The van der Waals surface area contributed by atoms with Crippen molar-refractivity contribution in [1.29, 1.82) is 0 Å². The number of aromatic nitrogens is 1. The fourth-order valence-corrected chi connectivity index (χ4v) is 1.32. The molecule has 0 spiro atoms. The number of allylic oxidation sites excluding steroid dienone is 1. The van der Waals surface area contributed by atoms with Crippen LogP contribution >= 0.6 is 0 Å². The lowest BCUT2D eigenvalue weighted by atomic mass is 10.1. The molecule has 0 saturated heterocycles. The van der Waals surface area contributed by atoms with Crippen LogP contribution in [0.2, 0.25) is 0 Å². The molecule has 86 valence electrons. The fourth-order valence-electron chi connectivity index (χ4n) is 1.32. The van der Waals surface area contributed by atoms with Gasteiger partial charge in [-0.25, -0.2) is 0 Å². The Morgan fingerprint density at radius 3 is 2.56 bits per heavy atom. The van der Waals surface area contributed by atoms with Gasteiger partial charge in [0.2, 0.25) is 0 Å². The lowest BCUT2D eigenvalue weighted by Crippen LogP contribution is -1.90. The molecule has 1 rings (SSSR count). The molecule has 0 amide bonds. The molecule has 1 heterocycles. The van der Waals surface area contributed by atoms with Crippen molar-refractivity contribution >= 4 is 11.4 Å². The second-order valence-electron chi connectivity index (χ2n) is 3.81. The molecule has 2 heteroatoms. The first-order valence-electron chi connectivity index (χ1n) is 5.92. The zero-order valence-electron chi connectivity index (χ0n) is 10.4. The van der Waals surface area contributed by atoms with E-state index in [4.69, 9.17) is 0 Å². The van der Waals surface area contributed by atoms with Crippen LogP contribution in [0.4, 0.5) is 0 Å². The van der Waals surface area contributed by atoms with Gasteiger partial charge in [0.15, 0.2) is 0 Å². The number of hydrogen-bond donors (Lipinski definition) is 0. The van der Waals surface area contributed by atoms with Crippen LogP contribution in [0.3, 0.4) is 0 Å². The van der Waals surface area contributed by atoms with Gasteiger partial charge in [0, 0.05) is 23.7 Å². The van der Waals surface area contributed by atoms with E-state index in [0.717, 1.165) is 30.5 Å². The molecular formula is C14H20N2. The monoisotopic (exact) mass is 216 g/mol. The molecule has 16 heavy (non-hydrogen) atoms. The van der Waals surface area contributed by atoms with Crippen LogP contribution in [0.5, 0.6) is 0 Å². The Hall–Kier alpha value is -1.44. The van der Waals surface area contributed by atoms with Crippen LogP contribution in [0.25, 0.3) is 5.70 Å². The average Bonchev–Trinajstić information content (AvgIpc) is 2.35. The van der Waals surface area contributed by atoms with Gasteiger partial charge in [0.25, 0.3) is 0 Å². The van der Waals surface area contributed by atoms with Gasteiger partial charge in [0.1, 0.15) is 0 Å². The van der Waals surface area contributed by atoms with Gasteiger partial charge in [-0.3, -0.25) is 9.98 Å². The van der Waals surface area contributed by atoms with Crippen LogP contribution < -0.4 is 0 Å². The summed E-state index contributed by atoms with van der Waals surface area (Å²) in [5, 5.41) is 0. The summed E-state index contributed by atoms with van der Waals surface area (Å²) in [7, 11) is 0. The van der Waals surface area contributed by atoms with E-state index in [1.807, 2.05) is 24.5 Å². The third-order valence-electron chi connectivity index (χ3n) is 2.43. The van der Waals surface area contributed by atoms with Crippen molar-refractivity contribution < 1.29 is 0 Å². The molecular weight excluding hydrogens is 196 g/mol. The highest BCUT2D eigenvalue weighted by Gasteiger charge is 1.99. The molecule has 0 unspecified atom stereocenters. The summed E-state index contributed by atoms with van der Waals surface area (Å²) in [5.74, 6) is 0. The fraction of sp³-hybridized carbons (Fsp3) is 0.429. The van der Waals surface area contributed by atoms with Crippen LogP contribution in [-0.4, -0.2) is 10.7 Å². The van der Waals surface area contributed by atoms with Crippen molar-refractivity contribution in [2.24, 2.45) is 4.99 Å². The normalized spacial score (nSPS) is 12.9. The van der Waals surface area contributed by atoms with Gasteiger partial charge in [-0.15, -0.1) is 0 Å². The van der Waals surface area contributed by atoms with E-state index in [9.17, 15) is 0 Å². The summed E-state index contributed by atoms with van der Waals surface area (Å²) >= 11 is 0. The van der Waals surface area contributed by atoms with E-state index in [-0.39, 0.29) is 0 Å². The number of unbranched alkanes of at least 4 members (excludes halogenated alkanes) is 1. The van der Waals surface area contributed by atoms with Crippen molar-refractivity contribution in [2.75, 3.05) is 0 Å². The average molecular weight is 216 g/mol. The molecule has 0 fully saturated rings. The maximum Gasteiger partial charge on any atom is 0.0662 e. The Morgan fingerprint density at radius 1 is 1.31 bits per heavy atom. The van der Waals surface area contributed by atoms with E-state index >= 15 is 0 Å². The van der Waals surface area contributed by atoms with Crippen molar-refractivity contribution in [3.8, 4) is 0 Å². The van der Waals surface area contributed by atoms with Gasteiger partial charge < -0.3 is 0 Å². The van der Waals surface area contributed by atoms with Gasteiger partial charge in [0.05, 0.1) is 5.70 Å². The molecule has 0 saturated carbocycles. The summed E-state index contributed by atoms with van der Waals surface area (Å²) in [5.41, 5.74) is 3.39. The Bertz CT molecular complexity index is 364. The predicted octanol–water partition coefficient (Wildman–Crippen LogP) is 4.09. The van der Waals surface area contributed by atoms with Crippen molar-refractivity contribution in [1.82, 2.24) is 4.98 Å². The molecule has 0 aliphatic rings. The third kappa shape index (κ3) is 3.97. The zero-order chi connectivity index (χ0) is 11.8. The zero-order valence-corrected chi connectivity index (χ0v) is 10.4. The number of pyridine rings is 1. The lowest BCUT2D eigenvalue weighted by molar-refractivity contribution is 0.958. The topological polar surface area (TPSA) is 25.2 Å². The maximum atomic E-state index is 4.65. The van der Waals surface area contributed by atoms with Crippen molar-refractivity contribution in [3.63, 3.8) is 0 Å². The summed E-state index contributed by atoms with van der Waals surface area (Å²) in [4.78, 5) is 8.68. The number of nitrogens with zero attached hydrogens (tertiary/aromatic N) is 2. The smallest absolute Gasteiger partial charge is 0.0662 e. The molecule has 1 aromatic rings. The van der Waals surface area contributed by atoms with Gasteiger partial charge in [-0.2, -0.15) is 0 Å². The van der Waals surface area contributed by atoms with Crippen LogP contribution in [0.15, 0.2) is 35.6 Å². The van der Waals surface area contributed by atoms with Gasteiger partial charge in [-0.05, 0) is 31.9 Å². The number of rotatable bonds is 5. The van der Waals surface area contributed by atoms with Crippen molar-refractivity contribution in [3.05, 3.63) is 36.2 Å². The highest BCUT2D eigenvalue weighted by Crippen LogP contribution is 2.17. The second kappa shape index (κ2) is 6.94. The van der Waals surface area contributed by atoms with E-state index < -0.39 is 0 Å². The summed E-state index contributed by atoms with van der Waals surface area (Å²) in [6.07, 6.45) is 9.04. The van der Waals surface area contributed by atoms with Crippen LogP contribution in [0, 0.1) is 0 Å². The Morgan fingerprint density at radius 2 is 2.00 bits per heavy atom. The minimum absolute atomic E-state index is 0.995. The Balaban J connectivity index is 2.97. The van der Waals surface area contributed by atoms with Gasteiger partial charge in [-0.1, -0.05) is 26.3 Å². The lowest BCUT2D eigenvalue weighted by Gasteiger charge is -2.03. The second-order valence-corrected chi connectivity index (χ2v) is 3.81. The minimum Gasteiger partial charge on any atom is -0.265 e. The molecule has 0 aliphatic carbocycles. The number of hydrogen-bond acceptors (Lipinski definition) is 2. The van der Waals surface area contributed by atoms with Crippen LogP contribution in [-0.2, 0) is 0 Å². The maximum absolute atomic E-state index is 4.65. The van der Waals surface area contributed by atoms with Crippen molar-refractivity contribution in [2.45, 2.75) is 40.0 Å². The summed E-state index contributed by atoms with van der Waals surface area (Å²) in [6, 6.07) is 4.02. The molecule has 0 aromatic carbocycles. The number of aliphatic imine (C=N–C) groups is 1. The van der Waals surface area contributed by atoms with Gasteiger partial charge >= 0.3 is 0 Å². The molecule has 0 radical (unpaired) electrons. The highest BCUT2D eigenvalue weighted by atomic mass is 14.8. The first kappa shape index (κ1) is 12.6. The third-order valence-corrected chi connectivity index (χ3v) is 2.43. The Labute approximate surface area is 98.1 Å². The molecule has 0 N–H and O–H groups in total. The quantitative estimate of drug-likeness (QED) is 0.680. The minimum atomic E-state index is 0.995. The standard InChI is InChI=1S/C14H20N2/c1-4-6-7-14(16-12(3)5-2)13-8-10-15-11-9-13/h7-11H,4-6H2,1-3H3/b14-7+,16-12?. The Kier molecular flexibility index (Phi) is 5.48. The first-order chi connectivity index (χ1) is 7.77. The van der Waals surface area contributed by atoms with E-state index in [1.165, 1.54) is 5.71 Å². The summed E-state index contributed by atoms with van der Waals surface area (Å²) < 4.78 is 0. The molecule has 2 nitrogen and oxygen atoms in total. The predicted molar refractivity (Wildman–Crippen MR) is 70.5 cm³/mol. The molecule has 0 aliphatic heterocycles. The van der Waals surface area contributed by atoms with E-state index in [0.29, 0.717) is 0 Å². The molecule has 1 aromatic heterocycles. The van der Waals surface area contributed by atoms with Crippen LogP contribution in [0.1, 0.15) is 45.6 Å². The van der Waals surface area contributed by atoms with E-state index in [1.54, 1.807) is 0 Å². The molecule has 0 atom stereocenters.